The topological polar surface area (TPSA) is 0 Å². The lowest BCUT2D eigenvalue weighted by Crippen LogP contribution is -2.05. The summed E-state index contributed by atoms with van der Waals surface area (Å²) in [4.78, 5) is 0. The van der Waals surface area contributed by atoms with Crippen molar-refractivity contribution in [3.05, 3.63) is 23.3 Å². The molecule has 1 saturated carbocycles. The number of halogens is 1. The summed E-state index contributed by atoms with van der Waals surface area (Å²) in [5, 5.41) is 0. The minimum atomic E-state index is -0.753. The summed E-state index contributed by atoms with van der Waals surface area (Å²) >= 11 is 0. The van der Waals surface area contributed by atoms with E-state index in [4.69, 9.17) is 0 Å². The van der Waals surface area contributed by atoms with E-state index in [1.165, 1.54) is 24.8 Å². The second-order valence-electron chi connectivity index (χ2n) is 4.62. The number of rotatable bonds is 5. The fourth-order valence-electron chi connectivity index (χ4n) is 1.87. The van der Waals surface area contributed by atoms with Gasteiger partial charge in [-0.1, -0.05) is 43.6 Å². The molecule has 0 amide bonds. The molecule has 0 spiro atoms. The van der Waals surface area contributed by atoms with Crippen LogP contribution in [-0.2, 0) is 0 Å². The van der Waals surface area contributed by atoms with Crippen LogP contribution in [0, 0.1) is 5.92 Å². The van der Waals surface area contributed by atoms with Crippen molar-refractivity contribution in [1.82, 2.24) is 0 Å². The Morgan fingerprint density at radius 1 is 1.40 bits per heavy atom. The molecule has 1 aliphatic carbocycles. The van der Waals surface area contributed by atoms with Gasteiger partial charge in [-0.15, -0.1) is 0 Å². The fraction of sp³-hybridized carbons (Fsp3) is 0.714. The minimum absolute atomic E-state index is 0.412. The Hall–Kier alpha value is -0.590. The van der Waals surface area contributed by atoms with Crippen LogP contribution in [0.1, 0.15) is 52.9 Å². The first-order valence-electron chi connectivity index (χ1n) is 6.16. The molecule has 1 rings (SSSR count). The first-order valence-corrected chi connectivity index (χ1v) is 6.16. The molecule has 0 bridgehead atoms. The summed E-state index contributed by atoms with van der Waals surface area (Å²) in [6.45, 7) is 6.37. The Kier molecular flexibility index (Phi) is 5.07. The maximum atomic E-state index is 13.2. The average molecular weight is 210 g/mol. The van der Waals surface area contributed by atoms with Crippen LogP contribution < -0.4 is 0 Å². The lowest BCUT2D eigenvalue weighted by molar-refractivity contribution is 0.374. The van der Waals surface area contributed by atoms with E-state index in [0.717, 1.165) is 6.42 Å². The molecule has 15 heavy (non-hydrogen) atoms. The van der Waals surface area contributed by atoms with Crippen LogP contribution >= 0.6 is 0 Å². The largest absolute Gasteiger partial charge is 0.243 e. The highest BCUT2D eigenvalue weighted by atomic mass is 19.1. The van der Waals surface area contributed by atoms with Crippen molar-refractivity contribution in [2.45, 2.75) is 59.0 Å². The fourth-order valence-corrected chi connectivity index (χ4v) is 1.87. The monoisotopic (exact) mass is 210 g/mol. The Labute approximate surface area is 93.3 Å². The first kappa shape index (κ1) is 12.5. The van der Waals surface area contributed by atoms with Crippen molar-refractivity contribution in [1.29, 1.82) is 0 Å². The zero-order chi connectivity index (χ0) is 11.3. The van der Waals surface area contributed by atoms with E-state index >= 15 is 0 Å². The molecule has 0 heterocycles. The highest BCUT2D eigenvalue weighted by Gasteiger charge is 2.14. The molecule has 0 radical (unpaired) electrons. The number of allylic oxidation sites excluding steroid dienone is 4. The molecule has 2 atom stereocenters. The van der Waals surface area contributed by atoms with Crippen LogP contribution in [0.5, 0.6) is 0 Å². The molecule has 86 valence electrons. The van der Waals surface area contributed by atoms with Gasteiger partial charge in [-0.25, -0.2) is 4.39 Å². The molecule has 0 aromatic rings. The summed E-state index contributed by atoms with van der Waals surface area (Å²) in [7, 11) is 0. The van der Waals surface area contributed by atoms with E-state index in [1.807, 2.05) is 13.0 Å². The number of alkyl halides is 1. The summed E-state index contributed by atoms with van der Waals surface area (Å²) in [6.07, 6.45) is 8.44. The van der Waals surface area contributed by atoms with Gasteiger partial charge >= 0.3 is 0 Å². The Morgan fingerprint density at radius 2 is 2.07 bits per heavy atom. The molecule has 0 N–H and O–H groups in total. The van der Waals surface area contributed by atoms with Crippen LogP contribution in [0.15, 0.2) is 23.3 Å². The third-order valence-electron chi connectivity index (χ3n) is 3.37. The second-order valence-corrected chi connectivity index (χ2v) is 4.62. The standard InChI is InChI=1S/C14H23F/c1-4-6-14(15)10-9-11(2)12(3)13-7-5-8-13/h9-11,14H,4-8H2,1-3H3/b10-9-. The quantitative estimate of drug-likeness (QED) is 0.571. The predicted octanol–water partition coefficient (Wildman–Crippen LogP) is 4.82. The molecular formula is C14H23F. The van der Waals surface area contributed by atoms with Crippen molar-refractivity contribution in [2.24, 2.45) is 5.92 Å². The Bertz CT molecular complexity index is 244. The maximum absolute atomic E-state index is 13.2. The highest BCUT2D eigenvalue weighted by Crippen LogP contribution is 2.32. The smallest absolute Gasteiger partial charge is 0.118 e. The van der Waals surface area contributed by atoms with Crippen molar-refractivity contribution in [2.75, 3.05) is 0 Å². The van der Waals surface area contributed by atoms with Gasteiger partial charge in [0.2, 0.25) is 0 Å². The minimum Gasteiger partial charge on any atom is -0.243 e. The Morgan fingerprint density at radius 3 is 2.53 bits per heavy atom. The molecule has 1 aliphatic rings. The van der Waals surface area contributed by atoms with Gasteiger partial charge < -0.3 is 0 Å². The zero-order valence-electron chi connectivity index (χ0n) is 10.2. The van der Waals surface area contributed by atoms with E-state index in [-0.39, 0.29) is 0 Å². The third kappa shape index (κ3) is 3.81. The van der Waals surface area contributed by atoms with Gasteiger partial charge in [-0.05, 0) is 38.5 Å². The molecular weight excluding hydrogens is 187 g/mol. The molecule has 0 aromatic heterocycles. The summed E-state index contributed by atoms with van der Waals surface area (Å²) in [5.41, 5.74) is 3.05. The van der Waals surface area contributed by atoms with Crippen molar-refractivity contribution in [3.8, 4) is 0 Å². The molecule has 0 aliphatic heterocycles. The number of hydrogen-bond acceptors (Lipinski definition) is 0. The molecule has 1 fully saturated rings. The SMILES string of the molecule is CCCC(F)/C=C\C(C)C(C)=C1CCC1. The predicted molar refractivity (Wildman–Crippen MR) is 64.7 cm³/mol. The van der Waals surface area contributed by atoms with Gasteiger partial charge in [0, 0.05) is 0 Å². The molecule has 0 saturated heterocycles. The van der Waals surface area contributed by atoms with E-state index in [2.05, 4.69) is 13.8 Å². The molecule has 1 heteroatoms. The normalized spacial score (nSPS) is 20.1. The van der Waals surface area contributed by atoms with Crippen LogP contribution in [0.4, 0.5) is 4.39 Å². The van der Waals surface area contributed by atoms with E-state index in [9.17, 15) is 4.39 Å². The summed E-state index contributed by atoms with van der Waals surface area (Å²) in [5.74, 6) is 0.412. The lowest BCUT2D eigenvalue weighted by atomic mass is 9.84. The van der Waals surface area contributed by atoms with Crippen LogP contribution in [-0.4, -0.2) is 6.17 Å². The molecule has 0 aromatic carbocycles. The van der Waals surface area contributed by atoms with E-state index in [0.29, 0.717) is 12.3 Å². The van der Waals surface area contributed by atoms with Crippen molar-refractivity contribution in [3.63, 3.8) is 0 Å². The first-order chi connectivity index (χ1) is 7.15. The maximum Gasteiger partial charge on any atom is 0.118 e. The zero-order valence-corrected chi connectivity index (χ0v) is 10.2. The van der Waals surface area contributed by atoms with Gasteiger partial charge in [-0.3, -0.25) is 0 Å². The van der Waals surface area contributed by atoms with Gasteiger partial charge in [-0.2, -0.15) is 0 Å². The van der Waals surface area contributed by atoms with Gasteiger partial charge in [0.15, 0.2) is 0 Å². The van der Waals surface area contributed by atoms with E-state index < -0.39 is 6.17 Å². The van der Waals surface area contributed by atoms with Crippen molar-refractivity contribution >= 4 is 0 Å². The van der Waals surface area contributed by atoms with Gasteiger partial charge in [0.05, 0.1) is 0 Å². The van der Waals surface area contributed by atoms with Gasteiger partial charge in [0.1, 0.15) is 6.17 Å². The summed E-state index contributed by atoms with van der Waals surface area (Å²) < 4.78 is 13.2. The molecule has 2 unspecified atom stereocenters. The third-order valence-corrected chi connectivity index (χ3v) is 3.37. The average Bonchev–Trinajstić information content (AvgIpc) is 2.11. The van der Waals surface area contributed by atoms with Gasteiger partial charge in [0.25, 0.3) is 0 Å². The highest BCUT2D eigenvalue weighted by molar-refractivity contribution is 5.22. The van der Waals surface area contributed by atoms with Crippen molar-refractivity contribution < 1.29 is 4.39 Å². The van der Waals surface area contributed by atoms with E-state index in [1.54, 1.807) is 11.6 Å². The van der Waals surface area contributed by atoms with Crippen LogP contribution in [0.25, 0.3) is 0 Å². The molecule has 0 nitrogen and oxygen atoms in total. The lowest BCUT2D eigenvalue weighted by Gasteiger charge is -2.22. The summed E-state index contributed by atoms with van der Waals surface area (Å²) in [6, 6.07) is 0. The van der Waals surface area contributed by atoms with Crippen LogP contribution in [0.3, 0.4) is 0 Å². The Balaban J connectivity index is 2.43. The number of hydrogen-bond donors (Lipinski definition) is 0. The second kappa shape index (κ2) is 6.09. The van der Waals surface area contributed by atoms with Crippen LogP contribution in [0.2, 0.25) is 0 Å².